The highest BCUT2D eigenvalue weighted by Crippen LogP contribution is 2.21. The minimum Gasteiger partial charge on any atom is -0.444 e. The molecule has 1 aromatic rings. The Labute approximate surface area is 148 Å². The summed E-state index contributed by atoms with van der Waals surface area (Å²) in [4.78, 5) is 14.1. The number of ether oxygens (including phenoxy) is 1. The van der Waals surface area contributed by atoms with Gasteiger partial charge >= 0.3 is 6.09 Å². The predicted octanol–water partition coefficient (Wildman–Crippen LogP) is 4.48. The van der Waals surface area contributed by atoms with Gasteiger partial charge in [-0.15, -0.1) is 0 Å². The monoisotopic (exact) mass is 358 g/mol. The highest BCUT2D eigenvalue weighted by Gasteiger charge is 2.23. The molecular formula is C17H24Cl2N2O2. The topological polar surface area (TPSA) is 41.6 Å². The largest absolute Gasteiger partial charge is 0.444 e. The summed E-state index contributed by atoms with van der Waals surface area (Å²) in [5.41, 5.74) is 0.650. The van der Waals surface area contributed by atoms with Crippen molar-refractivity contribution in [3.63, 3.8) is 0 Å². The average Bonchev–Trinajstić information content (AvgIpc) is 2.37. The van der Waals surface area contributed by atoms with Gasteiger partial charge in [0, 0.05) is 35.7 Å². The molecule has 2 rings (SSSR count). The summed E-state index contributed by atoms with van der Waals surface area (Å²) >= 11 is 12.1. The molecule has 0 aliphatic carbocycles. The predicted molar refractivity (Wildman–Crippen MR) is 94.1 cm³/mol. The van der Waals surface area contributed by atoms with Gasteiger partial charge in [-0.2, -0.15) is 0 Å². The fourth-order valence-corrected chi connectivity index (χ4v) is 3.24. The van der Waals surface area contributed by atoms with Gasteiger partial charge in [-0.1, -0.05) is 23.2 Å². The van der Waals surface area contributed by atoms with Crippen LogP contribution in [0, 0.1) is 0 Å². The molecular weight excluding hydrogens is 335 g/mol. The van der Waals surface area contributed by atoms with E-state index in [0.717, 1.165) is 38.0 Å². The fraction of sp³-hybridized carbons (Fsp3) is 0.588. The smallest absolute Gasteiger partial charge is 0.407 e. The zero-order valence-corrected chi connectivity index (χ0v) is 15.4. The number of halogens is 2. The number of carbonyl (C=O) groups excluding carboxylic acids is 1. The van der Waals surface area contributed by atoms with E-state index in [-0.39, 0.29) is 12.1 Å². The third-order valence-electron chi connectivity index (χ3n) is 3.64. The van der Waals surface area contributed by atoms with E-state index in [1.807, 2.05) is 32.9 Å². The van der Waals surface area contributed by atoms with Crippen molar-refractivity contribution >= 4 is 29.3 Å². The summed E-state index contributed by atoms with van der Waals surface area (Å²) in [6, 6.07) is 5.80. The second-order valence-corrected chi connectivity index (χ2v) is 7.85. The normalized spacial score (nSPS) is 17.1. The molecule has 0 atom stereocenters. The molecule has 0 bridgehead atoms. The number of nitrogens with zero attached hydrogens (tertiary/aromatic N) is 1. The van der Waals surface area contributed by atoms with Crippen molar-refractivity contribution in [3.8, 4) is 0 Å². The lowest BCUT2D eigenvalue weighted by Crippen LogP contribution is -2.45. The second kappa shape index (κ2) is 7.73. The zero-order valence-electron chi connectivity index (χ0n) is 13.9. The van der Waals surface area contributed by atoms with Crippen LogP contribution in [0.3, 0.4) is 0 Å². The maximum atomic E-state index is 11.8. The molecule has 1 heterocycles. The Balaban J connectivity index is 1.78. The first kappa shape index (κ1) is 18.4. The molecule has 0 saturated carbocycles. The van der Waals surface area contributed by atoms with Gasteiger partial charge < -0.3 is 10.1 Å². The molecule has 0 unspecified atom stereocenters. The maximum Gasteiger partial charge on any atom is 0.407 e. The number of likely N-dealkylation sites (tertiary alicyclic amines) is 1. The summed E-state index contributed by atoms with van der Waals surface area (Å²) in [7, 11) is 0. The van der Waals surface area contributed by atoms with Gasteiger partial charge in [-0.25, -0.2) is 4.79 Å². The van der Waals surface area contributed by atoms with Crippen LogP contribution in [-0.2, 0) is 11.3 Å². The molecule has 1 amide bonds. The average molecular weight is 359 g/mol. The van der Waals surface area contributed by atoms with E-state index in [0.29, 0.717) is 10.0 Å². The van der Waals surface area contributed by atoms with E-state index >= 15 is 0 Å². The third kappa shape index (κ3) is 6.58. The molecule has 0 radical (unpaired) electrons. The van der Waals surface area contributed by atoms with Crippen molar-refractivity contribution in [2.45, 2.75) is 51.8 Å². The number of piperidine rings is 1. The van der Waals surface area contributed by atoms with Crippen LogP contribution in [0.25, 0.3) is 0 Å². The molecule has 128 valence electrons. The first-order chi connectivity index (χ1) is 10.7. The highest BCUT2D eigenvalue weighted by molar-refractivity contribution is 6.34. The van der Waals surface area contributed by atoms with Crippen molar-refractivity contribution in [2.24, 2.45) is 0 Å². The Morgan fingerprint density at radius 2 is 1.78 bits per heavy atom. The van der Waals surface area contributed by atoms with E-state index in [4.69, 9.17) is 27.9 Å². The van der Waals surface area contributed by atoms with Crippen LogP contribution in [0.2, 0.25) is 10.0 Å². The number of nitrogens with one attached hydrogen (secondary N) is 1. The van der Waals surface area contributed by atoms with Gasteiger partial charge in [0.05, 0.1) is 0 Å². The summed E-state index contributed by atoms with van der Waals surface area (Å²) in [5.74, 6) is 0. The maximum absolute atomic E-state index is 11.8. The van der Waals surface area contributed by atoms with Crippen molar-refractivity contribution in [3.05, 3.63) is 33.8 Å². The molecule has 4 nitrogen and oxygen atoms in total. The third-order valence-corrected chi connectivity index (χ3v) is 4.07. The number of hydrogen-bond donors (Lipinski definition) is 1. The van der Waals surface area contributed by atoms with Gasteiger partial charge in [-0.3, -0.25) is 4.90 Å². The van der Waals surface area contributed by atoms with Crippen LogP contribution in [0.1, 0.15) is 39.2 Å². The molecule has 1 N–H and O–H groups in total. The Bertz CT molecular complexity index is 530. The van der Waals surface area contributed by atoms with E-state index in [9.17, 15) is 4.79 Å². The number of benzene rings is 1. The minimum atomic E-state index is -0.462. The van der Waals surface area contributed by atoms with Gasteiger partial charge in [0.15, 0.2) is 0 Å². The quantitative estimate of drug-likeness (QED) is 0.865. The van der Waals surface area contributed by atoms with Crippen molar-refractivity contribution < 1.29 is 9.53 Å². The second-order valence-electron chi connectivity index (χ2n) is 6.97. The Morgan fingerprint density at radius 1 is 1.22 bits per heavy atom. The number of amides is 1. The van der Waals surface area contributed by atoms with E-state index < -0.39 is 5.60 Å². The lowest BCUT2D eigenvalue weighted by atomic mass is 10.0. The van der Waals surface area contributed by atoms with Gasteiger partial charge in [0.1, 0.15) is 5.60 Å². The van der Waals surface area contributed by atoms with Gasteiger partial charge in [0.2, 0.25) is 0 Å². The molecule has 1 fully saturated rings. The molecule has 0 aromatic heterocycles. The Hall–Kier alpha value is -0.970. The molecule has 23 heavy (non-hydrogen) atoms. The Kier molecular flexibility index (Phi) is 6.18. The van der Waals surface area contributed by atoms with Crippen LogP contribution >= 0.6 is 23.2 Å². The highest BCUT2D eigenvalue weighted by atomic mass is 35.5. The summed E-state index contributed by atoms with van der Waals surface area (Å²) in [6.45, 7) is 8.26. The molecule has 1 saturated heterocycles. The fourth-order valence-electron chi connectivity index (χ4n) is 2.67. The first-order valence-corrected chi connectivity index (χ1v) is 8.64. The summed E-state index contributed by atoms with van der Waals surface area (Å²) in [6.07, 6.45) is 1.48. The molecule has 1 aromatic carbocycles. The van der Waals surface area contributed by atoms with E-state index in [1.54, 1.807) is 6.07 Å². The van der Waals surface area contributed by atoms with Crippen LogP contribution in [0.15, 0.2) is 18.2 Å². The number of rotatable bonds is 3. The van der Waals surface area contributed by atoms with Crippen molar-refractivity contribution in [1.82, 2.24) is 10.2 Å². The summed E-state index contributed by atoms with van der Waals surface area (Å²) < 4.78 is 5.30. The minimum absolute atomic E-state index is 0.170. The molecule has 1 aliphatic heterocycles. The van der Waals surface area contributed by atoms with Gasteiger partial charge in [-0.05, 0) is 57.4 Å². The SMILES string of the molecule is CC(C)(C)OC(=O)NC1CCN(Cc2cc(Cl)cc(Cl)c2)CC1. The van der Waals surface area contributed by atoms with Crippen LogP contribution in [0.4, 0.5) is 4.79 Å². The zero-order chi connectivity index (χ0) is 17.0. The van der Waals surface area contributed by atoms with E-state index in [2.05, 4.69) is 10.2 Å². The van der Waals surface area contributed by atoms with Crippen LogP contribution in [-0.4, -0.2) is 35.7 Å². The summed E-state index contributed by atoms with van der Waals surface area (Å²) in [5, 5.41) is 4.27. The molecule has 1 aliphatic rings. The lowest BCUT2D eigenvalue weighted by molar-refractivity contribution is 0.0477. The van der Waals surface area contributed by atoms with E-state index in [1.165, 1.54) is 0 Å². The Morgan fingerprint density at radius 3 is 2.30 bits per heavy atom. The van der Waals surface area contributed by atoms with Crippen LogP contribution < -0.4 is 5.32 Å². The van der Waals surface area contributed by atoms with Crippen LogP contribution in [0.5, 0.6) is 0 Å². The standard InChI is InChI=1S/C17H24Cl2N2O2/c1-17(2,3)23-16(22)20-15-4-6-21(7-5-15)11-12-8-13(18)10-14(19)9-12/h8-10,15H,4-7,11H2,1-3H3,(H,20,22). The number of carbonyl (C=O) groups is 1. The lowest BCUT2D eigenvalue weighted by Gasteiger charge is -2.32. The number of hydrogen-bond acceptors (Lipinski definition) is 3. The van der Waals surface area contributed by atoms with Crippen molar-refractivity contribution in [2.75, 3.05) is 13.1 Å². The first-order valence-electron chi connectivity index (χ1n) is 7.88. The van der Waals surface area contributed by atoms with Gasteiger partial charge in [0.25, 0.3) is 0 Å². The van der Waals surface area contributed by atoms with Crippen molar-refractivity contribution in [1.29, 1.82) is 0 Å². The molecule has 6 heteroatoms. The molecule has 0 spiro atoms. The number of alkyl carbamates (subject to hydrolysis) is 1.